The predicted octanol–water partition coefficient (Wildman–Crippen LogP) is 4.11. The van der Waals surface area contributed by atoms with E-state index >= 15 is 0 Å². The number of methoxy groups -OCH3 is 1. The van der Waals surface area contributed by atoms with E-state index in [1.807, 2.05) is 13.8 Å². The minimum Gasteiger partial charge on any atom is -0.495 e. The highest BCUT2D eigenvalue weighted by Crippen LogP contribution is 2.30. The molecule has 0 spiro atoms. The van der Waals surface area contributed by atoms with Crippen molar-refractivity contribution >= 4 is 39.1 Å². The highest BCUT2D eigenvalue weighted by atomic mass is 32.2. The van der Waals surface area contributed by atoms with Crippen molar-refractivity contribution in [3.8, 4) is 5.75 Å². The molecule has 170 valence electrons. The summed E-state index contributed by atoms with van der Waals surface area (Å²) in [5.74, 6) is 0.968. The molecule has 32 heavy (non-hydrogen) atoms. The molecule has 2 N–H and O–H groups in total. The average molecular weight is 480 g/mol. The molecule has 0 aliphatic heterocycles. The summed E-state index contributed by atoms with van der Waals surface area (Å²) in [5.41, 5.74) is 2.29. The van der Waals surface area contributed by atoms with Crippen LogP contribution in [0.1, 0.15) is 17.0 Å². The number of aryl methyl sites for hydroxylation is 2. The number of nitrogens with one attached hydrogen (secondary N) is 2. The van der Waals surface area contributed by atoms with E-state index in [1.54, 1.807) is 6.07 Å². The number of sulfonamides is 1. The third-order valence-corrected chi connectivity index (χ3v) is 6.85. The summed E-state index contributed by atoms with van der Waals surface area (Å²) >= 11 is 1.41. The van der Waals surface area contributed by atoms with Crippen LogP contribution in [-0.2, 0) is 20.6 Å². The number of benzene rings is 2. The zero-order valence-electron chi connectivity index (χ0n) is 17.6. The molecule has 0 saturated heterocycles. The molecule has 0 atom stereocenters. The van der Waals surface area contributed by atoms with Gasteiger partial charge in [0.05, 0.1) is 29.1 Å². The standard InChI is InChI=1S/C21H22FN3O5S2/c1-13-18(14(2)30-24-13)11-31-12-21(26)23-16-6-9-20(29-3)19(10-16)25-32(27,28)17-7-4-15(22)5-8-17/h4-10,25H,11-12H2,1-3H3,(H,23,26). The molecule has 0 saturated carbocycles. The van der Waals surface area contributed by atoms with Crippen molar-refractivity contribution in [2.24, 2.45) is 0 Å². The molecule has 1 heterocycles. The van der Waals surface area contributed by atoms with Crippen LogP contribution in [0, 0.1) is 19.7 Å². The second-order valence-corrected chi connectivity index (χ2v) is 9.49. The number of carbonyl (C=O) groups excluding carboxylic acids is 1. The molecule has 1 amide bonds. The number of amides is 1. The number of nitrogens with zero attached hydrogens (tertiary/aromatic N) is 1. The van der Waals surface area contributed by atoms with E-state index in [-0.39, 0.29) is 28.0 Å². The van der Waals surface area contributed by atoms with Crippen LogP contribution in [0.4, 0.5) is 15.8 Å². The Bertz CT molecular complexity index is 1190. The summed E-state index contributed by atoms with van der Waals surface area (Å²) in [7, 11) is -2.59. The lowest BCUT2D eigenvalue weighted by Crippen LogP contribution is -2.16. The molecule has 0 aliphatic rings. The van der Waals surface area contributed by atoms with Gasteiger partial charge in [0.15, 0.2) is 0 Å². The third-order valence-electron chi connectivity index (χ3n) is 4.51. The molecular formula is C21H22FN3O5S2. The van der Waals surface area contributed by atoms with Crippen LogP contribution < -0.4 is 14.8 Å². The monoisotopic (exact) mass is 479 g/mol. The van der Waals surface area contributed by atoms with Crippen LogP contribution in [0.3, 0.4) is 0 Å². The van der Waals surface area contributed by atoms with E-state index in [1.165, 1.54) is 31.0 Å². The fourth-order valence-electron chi connectivity index (χ4n) is 2.83. The van der Waals surface area contributed by atoms with E-state index < -0.39 is 15.8 Å². The van der Waals surface area contributed by atoms with Gasteiger partial charge in [0.2, 0.25) is 5.91 Å². The van der Waals surface area contributed by atoms with Gasteiger partial charge in [-0.3, -0.25) is 9.52 Å². The molecule has 3 aromatic rings. The number of hydrogen-bond donors (Lipinski definition) is 2. The Morgan fingerprint density at radius 2 is 1.91 bits per heavy atom. The first-order valence-electron chi connectivity index (χ1n) is 9.45. The van der Waals surface area contributed by atoms with Gasteiger partial charge in [0, 0.05) is 17.0 Å². The molecular weight excluding hydrogens is 457 g/mol. The molecule has 3 rings (SSSR count). The first kappa shape index (κ1) is 23.6. The van der Waals surface area contributed by atoms with Crippen molar-refractivity contribution in [1.29, 1.82) is 0 Å². The third kappa shape index (κ3) is 5.80. The van der Waals surface area contributed by atoms with E-state index in [2.05, 4.69) is 15.2 Å². The van der Waals surface area contributed by atoms with Gasteiger partial charge in [-0.05, 0) is 56.3 Å². The summed E-state index contributed by atoms with van der Waals surface area (Å²) in [6.07, 6.45) is 0. The van der Waals surface area contributed by atoms with Gasteiger partial charge in [-0.1, -0.05) is 5.16 Å². The molecule has 8 nitrogen and oxygen atoms in total. The molecule has 0 fully saturated rings. The number of carbonyl (C=O) groups is 1. The Morgan fingerprint density at radius 1 is 1.19 bits per heavy atom. The summed E-state index contributed by atoms with van der Waals surface area (Å²) in [6.45, 7) is 3.67. The van der Waals surface area contributed by atoms with Crippen molar-refractivity contribution < 1.29 is 26.9 Å². The quantitative estimate of drug-likeness (QED) is 0.475. The first-order chi connectivity index (χ1) is 15.2. The zero-order valence-corrected chi connectivity index (χ0v) is 19.3. The van der Waals surface area contributed by atoms with Crippen molar-refractivity contribution in [2.45, 2.75) is 24.5 Å². The summed E-state index contributed by atoms with van der Waals surface area (Å²) in [4.78, 5) is 12.2. The molecule has 2 aromatic carbocycles. The molecule has 0 unspecified atom stereocenters. The highest BCUT2D eigenvalue weighted by Gasteiger charge is 2.18. The predicted molar refractivity (Wildman–Crippen MR) is 121 cm³/mol. The highest BCUT2D eigenvalue weighted by molar-refractivity contribution is 7.99. The van der Waals surface area contributed by atoms with Crippen LogP contribution in [0.15, 0.2) is 51.9 Å². The van der Waals surface area contributed by atoms with Gasteiger partial charge in [-0.2, -0.15) is 0 Å². The van der Waals surface area contributed by atoms with Crippen LogP contribution in [0.5, 0.6) is 5.75 Å². The van der Waals surface area contributed by atoms with Crippen molar-refractivity contribution in [1.82, 2.24) is 5.16 Å². The number of halogens is 1. The topological polar surface area (TPSA) is 111 Å². The molecule has 0 aliphatic carbocycles. The Hall–Kier alpha value is -3.05. The van der Waals surface area contributed by atoms with Crippen LogP contribution in [0.25, 0.3) is 0 Å². The molecule has 0 radical (unpaired) electrons. The zero-order chi connectivity index (χ0) is 23.3. The summed E-state index contributed by atoms with van der Waals surface area (Å²) < 4.78 is 51.1. The van der Waals surface area contributed by atoms with Crippen molar-refractivity contribution in [3.05, 3.63) is 65.3 Å². The fourth-order valence-corrected chi connectivity index (χ4v) is 4.87. The normalized spacial score (nSPS) is 11.2. The Kier molecular flexibility index (Phi) is 7.41. The number of aromatic nitrogens is 1. The van der Waals surface area contributed by atoms with Crippen LogP contribution >= 0.6 is 11.8 Å². The Morgan fingerprint density at radius 3 is 2.53 bits per heavy atom. The lowest BCUT2D eigenvalue weighted by Gasteiger charge is -2.14. The summed E-state index contributed by atoms with van der Waals surface area (Å²) in [6, 6.07) is 9.03. The number of thioether (sulfide) groups is 1. The van der Waals surface area contributed by atoms with Gasteiger partial charge in [0.25, 0.3) is 10.0 Å². The van der Waals surface area contributed by atoms with Crippen molar-refractivity contribution in [3.63, 3.8) is 0 Å². The van der Waals surface area contributed by atoms with Gasteiger partial charge < -0.3 is 14.6 Å². The number of rotatable bonds is 9. The Labute approximate surface area is 189 Å². The maximum Gasteiger partial charge on any atom is 0.262 e. The average Bonchev–Trinajstić information content (AvgIpc) is 3.06. The van der Waals surface area contributed by atoms with E-state index in [0.717, 1.165) is 41.3 Å². The first-order valence-corrected chi connectivity index (χ1v) is 12.1. The SMILES string of the molecule is COc1ccc(NC(=O)CSCc2c(C)noc2C)cc1NS(=O)(=O)c1ccc(F)cc1. The van der Waals surface area contributed by atoms with Crippen LogP contribution in [0.2, 0.25) is 0 Å². The molecule has 1 aromatic heterocycles. The maximum absolute atomic E-state index is 13.1. The maximum atomic E-state index is 13.1. The largest absolute Gasteiger partial charge is 0.495 e. The van der Waals surface area contributed by atoms with E-state index in [9.17, 15) is 17.6 Å². The van der Waals surface area contributed by atoms with Crippen molar-refractivity contribution in [2.75, 3.05) is 22.9 Å². The van der Waals surface area contributed by atoms with E-state index in [4.69, 9.17) is 9.26 Å². The minimum absolute atomic E-state index is 0.105. The van der Waals surface area contributed by atoms with Gasteiger partial charge in [-0.15, -0.1) is 11.8 Å². The number of hydrogen-bond acceptors (Lipinski definition) is 7. The lowest BCUT2D eigenvalue weighted by molar-refractivity contribution is -0.113. The fraction of sp³-hybridized carbons (Fsp3) is 0.238. The van der Waals surface area contributed by atoms with Crippen LogP contribution in [-0.4, -0.2) is 32.3 Å². The molecule has 11 heteroatoms. The second-order valence-electron chi connectivity index (χ2n) is 6.82. The minimum atomic E-state index is -3.98. The smallest absolute Gasteiger partial charge is 0.262 e. The number of anilines is 2. The number of ether oxygens (including phenoxy) is 1. The van der Waals surface area contributed by atoms with E-state index in [0.29, 0.717) is 11.4 Å². The van der Waals surface area contributed by atoms with Gasteiger partial charge in [0.1, 0.15) is 17.3 Å². The van der Waals surface area contributed by atoms with Gasteiger partial charge >= 0.3 is 0 Å². The molecule has 0 bridgehead atoms. The van der Waals surface area contributed by atoms with Gasteiger partial charge in [-0.25, -0.2) is 12.8 Å². The Balaban J connectivity index is 1.67. The second kappa shape index (κ2) is 10.0. The lowest BCUT2D eigenvalue weighted by atomic mass is 10.2. The summed E-state index contributed by atoms with van der Waals surface area (Å²) in [5, 5.41) is 6.62.